The van der Waals surface area contributed by atoms with Crippen LogP contribution >= 0.6 is 11.6 Å². The molecule has 0 aliphatic rings. The maximum Gasteiger partial charge on any atom is 0.113 e. The predicted octanol–water partition coefficient (Wildman–Crippen LogP) is 4.07. The van der Waals surface area contributed by atoms with Crippen LogP contribution in [0.25, 0.3) is 0 Å². The van der Waals surface area contributed by atoms with Crippen molar-refractivity contribution >= 4 is 11.6 Å². The summed E-state index contributed by atoms with van der Waals surface area (Å²) in [7, 11) is 0. The summed E-state index contributed by atoms with van der Waals surface area (Å²) in [6.07, 6.45) is 0. The molecule has 0 aromatic heterocycles. The molecule has 1 nitrogen and oxygen atoms in total. The molecule has 0 aliphatic heterocycles. The van der Waals surface area contributed by atoms with Crippen molar-refractivity contribution < 1.29 is 4.74 Å². The van der Waals surface area contributed by atoms with Crippen LogP contribution in [0.2, 0.25) is 5.02 Å². The maximum absolute atomic E-state index is 5.79. The zero-order valence-electron chi connectivity index (χ0n) is 8.77. The Balaban J connectivity index is 1.82. The topological polar surface area (TPSA) is 9.23 Å². The van der Waals surface area contributed by atoms with Crippen LogP contribution in [0.1, 0.15) is 11.1 Å². The van der Waals surface area contributed by atoms with Crippen molar-refractivity contribution in [2.75, 3.05) is 0 Å². The average Bonchev–Trinajstić information content (AvgIpc) is 2.33. The number of rotatable bonds is 4. The average molecular weight is 232 g/mol. The minimum absolute atomic E-state index is 0.562. The van der Waals surface area contributed by atoms with E-state index in [0.29, 0.717) is 6.61 Å². The van der Waals surface area contributed by atoms with Gasteiger partial charge in [-0.05, 0) is 23.3 Å². The minimum Gasteiger partial charge on any atom is -0.366 e. The number of hydrogen-bond donors (Lipinski definition) is 0. The Morgan fingerprint density at radius 2 is 1.62 bits per heavy atom. The molecule has 0 aliphatic carbocycles. The van der Waals surface area contributed by atoms with Crippen LogP contribution in [-0.2, 0) is 11.3 Å². The molecule has 0 atom stereocenters. The molecule has 0 fully saturated rings. The molecule has 0 bridgehead atoms. The Kier molecular flexibility index (Phi) is 3.97. The first-order valence-corrected chi connectivity index (χ1v) is 5.47. The Hall–Kier alpha value is -1.31. The lowest BCUT2D eigenvalue weighted by Crippen LogP contribution is -1.91. The van der Waals surface area contributed by atoms with Gasteiger partial charge in [0.1, 0.15) is 6.61 Å². The van der Waals surface area contributed by atoms with Crippen molar-refractivity contribution in [2.45, 2.75) is 6.61 Å². The van der Waals surface area contributed by atoms with Gasteiger partial charge in [-0.3, -0.25) is 0 Å². The van der Waals surface area contributed by atoms with Crippen LogP contribution in [0.15, 0.2) is 54.6 Å². The van der Waals surface area contributed by atoms with Crippen molar-refractivity contribution in [3.63, 3.8) is 0 Å². The smallest absolute Gasteiger partial charge is 0.113 e. The van der Waals surface area contributed by atoms with Crippen LogP contribution in [0.4, 0.5) is 0 Å². The SMILES string of the molecule is Clc1ccc(CO[CH]c2ccccc2)cc1. The molecule has 2 aromatic rings. The van der Waals surface area contributed by atoms with E-state index in [1.54, 1.807) is 6.61 Å². The molecule has 2 aromatic carbocycles. The summed E-state index contributed by atoms with van der Waals surface area (Å²) in [4.78, 5) is 0. The second-order valence-electron chi connectivity index (χ2n) is 3.47. The molecule has 2 rings (SSSR count). The van der Waals surface area contributed by atoms with Crippen molar-refractivity contribution in [2.24, 2.45) is 0 Å². The van der Waals surface area contributed by atoms with E-state index < -0.39 is 0 Å². The number of halogens is 1. The van der Waals surface area contributed by atoms with Gasteiger partial charge in [0.2, 0.25) is 0 Å². The molecule has 2 heteroatoms. The highest BCUT2D eigenvalue weighted by Crippen LogP contribution is 2.11. The highest BCUT2D eigenvalue weighted by molar-refractivity contribution is 6.30. The first-order chi connectivity index (χ1) is 7.84. The molecule has 16 heavy (non-hydrogen) atoms. The molecular weight excluding hydrogens is 220 g/mol. The van der Waals surface area contributed by atoms with E-state index >= 15 is 0 Å². The zero-order valence-corrected chi connectivity index (χ0v) is 9.52. The zero-order chi connectivity index (χ0) is 11.2. The highest BCUT2D eigenvalue weighted by Gasteiger charge is 1.95. The Labute approximate surface area is 101 Å². The van der Waals surface area contributed by atoms with Gasteiger partial charge in [-0.15, -0.1) is 0 Å². The van der Waals surface area contributed by atoms with Gasteiger partial charge in [0.05, 0.1) is 6.61 Å². The van der Waals surface area contributed by atoms with Crippen LogP contribution in [-0.4, -0.2) is 0 Å². The van der Waals surface area contributed by atoms with E-state index in [-0.39, 0.29) is 0 Å². The fraction of sp³-hybridized carbons (Fsp3) is 0.0714. The minimum atomic E-state index is 0.562. The van der Waals surface area contributed by atoms with Gasteiger partial charge >= 0.3 is 0 Å². The second kappa shape index (κ2) is 5.69. The second-order valence-corrected chi connectivity index (χ2v) is 3.90. The molecule has 0 heterocycles. The van der Waals surface area contributed by atoms with E-state index in [1.807, 2.05) is 54.6 Å². The largest absolute Gasteiger partial charge is 0.366 e. The quantitative estimate of drug-likeness (QED) is 0.771. The van der Waals surface area contributed by atoms with Crippen LogP contribution in [0.3, 0.4) is 0 Å². The summed E-state index contributed by atoms with van der Waals surface area (Å²) in [5, 5.41) is 0.746. The molecule has 0 unspecified atom stereocenters. The lowest BCUT2D eigenvalue weighted by atomic mass is 10.2. The molecule has 0 amide bonds. The molecule has 0 spiro atoms. The summed E-state index contributed by atoms with van der Waals surface area (Å²) in [5.41, 5.74) is 2.17. The number of hydrogen-bond acceptors (Lipinski definition) is 1. The number of ether oxygens (including phenoxy) is 1. The summed E-state index contributed by atoms with van der Waals surface area (Å²) in [5.74, 6) is 0. The van der Waals surface area contributed by atoms with Crippen LogP contribution in [0.5, 0.6) is 0 Å². The molecule has 0 N–H and O–H groups in total. The van der Waals surface area contributed by atoms with E-state index in [2.05, 4.69) is 0 Å². The van der Waals surface area contributed by atoms with Crippen molar-refractivity contribution in [3.8, 4) is 0 Å². The molecule has 0 saturated heterocycles. The lowest BCUT2D eigenvalue weighted by molar-refractivity contribution is 0.199. The third kappa shape index (κ3) is 3.37. The van der Waals surface area contributed by atoms with Crippen molar-refractivity contribution in [3.05, 3.63) is 77.4 Å². The molecular formula is C14H12ClO. The Morgan fingerprint density at radius 3 is 2.31 bits per heavy atom. The van der Waals surface area contributed by atoms with Crippen LogP contribution < -0.4 is 0 Å². The summed E-state index contributed by atoms with van der Waals surface area (Å²) >= 11 is 5.79. The fourth-order valence-electron chi connectivity index (χ4n) is 1.35. The van der Waals surface area contributed by atoms with Crippen molar-refractivity contribution in [1.29, 1.82) is 0 Å². The maximum atomic E-state index is 5.79. The third-order valence-corrected chi connectivity index (χ3v) is 2.43. The van der Waals surface area contributed by atoms with E-state index in [9.17, 15) is 0 Å². The first kappa shape index (κ1) is 11.2. The monoisotopic (exact) mass is 231 g/mol. The molecule has 1 radical (unpaired) electrons. The van der Waals surface area contributed by atoms with Gasteiger partial charge in [-0.2, -0.15) is 0 Å². The summed E-state index contributed by atoms with van der Waals surface area (Å²) < 4.78 is 5.48. The Bertz CT molecular complexity index is 422. The van der Waals surface area contributed by atoms with E-state index in [4.69, 9.17) is 16.3 Å². The lowest BCUT2D eigenvalue weighted by Gasteiger charge is -2.03. The molecule has 0 saturated carbocycles. The third-order valence-electron chi connectivity index (χ3n) is 2.18. The van der Waals surface area contributed by atoms with Crippen LogP contribution in [0, 0.1) is 6.61 Å². The van der Waals surface area contributed by atoms with Gasteiger partial charge in [-0.25, -0.2) is 0 Å². The standard InChI is InChI=1S/C14H12ClO/c15-14-8-6-13(7-9-14)11-16-10-12-4-2-1-3-5-12/h1-10H,11H2. The van der Waals surface area contributed by atoms with Gasteiger partial charge in [-0.1, -0.05) is 54.1 Å². The fourth-order valence-corrected chi connectivity index (χ4v) is 1.47. The van der Waals surface area contributed by atoms with E-state index in [0.717, 1.165) is 16.1 Å². The van der Waals surface area contributed by atoms with Gasteiger partial charge in [0.25, 0.3) is 0 Å². The highest BCUT2D eigenvalue weighted by atomic mass is 35.5. The summed E-state index contributed by atoms with van der Waals surface area (Å²) in [6.45, 7) is 2.32. The predicted molar refractivity (Wildman–Crippen MR) is 66.1 cm³/mol. The molecule has 81 valence electrons. The van der Waals surface area contributed by atoms with Gasteiger partial charge in [0, 0.05) is 5.02 Å². The first-order valence-electron chi connectivity index (χ1n) is 5.09. The Morgan fingerprint density at radius 1 is 0.938 bits per heavy atom. The van der Waals surface area contributed by atoms with Gasteiger partial charge in [0.15, 0.2) is 0 Å². The number of benzene rings is 2. The summed E-state index contributed by atoms with van der Waals surface area (Å²) in [6, 6.07) is 17.6. The van der Waals surface area contributed by atoms with E-state index in [1.165, 1.54) is 0 Å². The van der Waals surface area contributed by atoms with Gasteiger partial charge < -0.3 is 4.74 Å². The normalized spacial score (nSPS) is 10.3. The van der Waals surface area contributed by atoms with Crippen molar-refractivity contribution in [1.82, 2.24) is 0 Å².